The standard InChI is InChI=1S/C14H19NO4/c1-3-10(6-9-4-5-9)15-8-13(19-2)12(16)7-11(15)14(17)18/h7-10H,3-6H2,1-2H3,(H,17,18). The van der Waals surface area contributed by atoms with E-state index < -0.39 is 11.4 Å². The summed E-state index contributed by atoms with van der Waals surface area (Å²) in [6.45, 7) is 2.03. The van der Waals surface area contributed by atoms with E-state index in [1.165, 1.54) is 26.1 Å². The number of carbonyl (C=O) groups is 1. The molecular formula is C14H19NO4. The zero-order chi connectivity index (χ0) is 14.0. The number of nitrogens with zero attached hydrogens (tertiary/aromatic N) is 1. The van der Waals surface area contributed by atoms with Gasteiger partial charge in [-0.25, -0.2) is 4.79 Å². The SMILES string of the molecule is CCC(CC1CC1)n1cc(OC)c(=O)cc1C(=O)O. The molecule has 0 spiro atoms. The summed E-state index contributed by atoms with van der Waals surface area (Å²) >= 11 is 0. The first kappa shape index (κ1) is 13.6. The Morgan fingerprint density at radius 1 is 1.58 bits per heavy atom. The Hall–Kier alpha value is -1.78. The van der Waals surface area contributed by atoms with Crippen molar-refractivity contribution in [1.82, 2.24) is 4.57 Å². The molecule has 0 bridgehead atoms. The van der Waals surface area contributed by atoms with Gasteiger partial charge in [0.05, 0.1) is 13.3 Å². The van der Waals surface area contributed by atoms with E-state index >= 15 is 0 Å². The lowest BCUT2D eigenvalue weighted by molar-refractivity contribution is 0.0680. The highest BCUT2D eigenvalue weighted by Gasteiger charge is 2.27. The van der Waals surface area contributed by atoms with Gasteiger partial charge in [0, 0.05) is 12.1 Å². The third kappa shape index (κ3) is 2.97. The summed E-state index contributed by atoms with van der Waals surface area (Å²) in [4.78, 5) is 23.0. The van der Waals surface area contributed by atoms with Crippen molar-refractivity contribution in [3.05, 3.63) is 28.2 Å². The van der Waals surface area contributed by atoms with Crippen LogP contribution in [0.5, 0.6) is 5.75 Å². The molecule has 1 aliphatic rings. The average Bonchev–Trinajstić information content (AvgIpc) is 3.19. The van der Waals surface area contributed by atoms with E-state index in [-0.39, 0.29) is 17.5 Å². The van der Waals surface area contributed by atoms with Gasteiger partial charge in [-0.3, -0.25) is 4.79 Å². The molecule has 0 aromatic carbocycles. The Morgan fingerprint density at radius 2 is 2.26 bits per heavy atom. The zero-order valence-corrected chi connectivity index (χ0v) is 11.3. The predicted octanol–water partition coefficient (Wildman–Crippen LogP) is 2.31. The topological polar surface area (TPSA) is 68.5 Å². The van der Waals surface area contributed by atoms with Crippen LogP contribution in [0.25, 0.3) is 0 Å². The Bertz CT molecular complexity index is 531. The minimum atomic E-state index is -1.07. The van der Waals surface area contributed by atoms with Crippen LogP contribution in [0.4, 0.5) is 0 Å². The van der Waals surface area contributed by atoms with E-state index in [1.807, 2.05) is 6.92 Å². The Labute approximate surface area is 111 Å². The molecule has 5 heteroatoms. The van der Waals surface area contributed by atoms with Gasteiger partial charge in [-0.2, -0.15) is 0 Å². The first-order valence-electron chi connectivity index (χ1n) is 6.60. The Kier molecular flexibility index (Phi) is 3.93. The minimum absolute atomic E-state index is 0.0401. The molecule has 1 aromatic heterocycles. The molecule has 1 atom stereocenters. The maximum atomic E-state index is 11.7. The van der Waals surface area contributed by atoms with Gasteiger partial charge in [0.25, 0.3) is 0 Å². The summed E-state index contributed by atoms with van der Waals surface area (Å²) in [5.41, 5.74) is -0.351. The van der Waals surface area contributed by atoms with Crippen LogP contribution in [0.3, 0.4) is 0 Å². The van der Waals surface area contributed by atoms with Crippen molar-refractivity contribution < 1.29 is 14.6 Å². The van der Waals surface area contributed by atoms with Gasteiger partial charge in [-0.05, 0) is 18.8 Å². The highest BCUT2D eigenvalue weighted by atomic mass is 16.5. The summed E-state index contributed by atoms with van der Waals surface area (Å²) in [5.74, 6) is -0.190. The Balaban J connectivity index is 2.44. The maximum Gasteiger partial charge on any atom is 0.352 e. The second kappa shape index (κ2) is 5.47. The lowest BCUT2D eigenvalue weighted by Gasteiger charge is -2.22. The molecule has 1 aromatic rings. The van der Waals surface area contributed by atoms with Crippen molar-refractivity contribution in [2.24, 2.45) is 5.92 Å². The lowest BCUT2D eigenvalue weighted by Crippen LogP contribution is -2.21. The third-order valence-electron chi connectivity index (χ3n) is 3.65. The van der Waals surface area contributed by atoms with Crippen LogP contribution < -0.4 is 10.2 Å². The number of aromatic carboxylic acids is 1. The molecule has 1 N–H and O–H groups in total. The van der Waals surface area contributed by atoms with Crippen molar-refractivity contribution in [3.63, 3.8) is 0 Å². The molecule has 104 valence electrons. The highest BCUT2D eigenvalue weighted by Crippen LogP contribution is 2.38. The number of methoxy groups -OCH3 is 1. The van der Waals surface area contributed by atoms with Crippen LogP contribution in [-0.4, -0.2) is 22.8 Å². The number of carboxylic acids is 1. The molecule has 0 saturated heterocycles. The van der Waals surface area contributed by atoms with Gasteiger partial charge in [-0.1, -0.05) is 19.8 Å². The van der Waals surface area contributed by atoms with Crippen LogP contribution in [0, 0.1) is 5.92 Å². The van der Waals surface area contributed by atoms with Gasteiger partial charge in [0.15, 0.2) is 5.75 Å². The average molecular weight is 265 g/mol. The summed E-state index contributed by atoms with van der Waals surface area (Å²) < 4.78 is 6.69. The van der Waals surface area contributed by atoms with Gasteiger partial charge < -0.3 is 14.4 Å². The van der Waals surface area contributed by atoms with Gasteiger partial charge >= 0.3 is 5.97 Å². The largest absolute Gasteiger partial charge is 0.491 e. The second-order valence-corrected chi connectivity index (χ2v) is 5.04. The molecule has 19 heavy (non-hydrogen) atoms. The van der Waals surface area contributed by atoms with Gasteiger partial charge in [-0.15, -0.1) is 0 Å². The van der Waals surface area contributed by atoms with Crippen LogP contribution in [-0.2, 0) is 0 Å². The second-order valence-electron chi connectivity index (χ2n) is 5.04. The summed E-state index contributed by atoms with van der Waals surface area (Å²) in [6, 6.07) is 1.25. The number of ether oxygens (including phenoxy) is 1. The van der Waals surface area contributed by atoms with E-state index in [0.29, 0.717) is 5.92 Å². The molecule has 5 nitrogen and oxygen atoms in total. The number of rotatable bonds is 6. The minimum Gasteiger partial charge on any atom is -0.491 e. The lowest BCUT2D eigenvalue weighted by atomic mass is 10.1. The molecule has 0 amide bonds. The van der Waals surface area contributed by atoms with Crippen LogP contribution in [0.1, 0.15) is 49.1 Å². The fraction of sp³-hybridized carbons (Fsp3) is 0.571. The molecular weight excluding hydrogens is 246 g/mol. The summed E-state index contributed by atoms with van der Waals surface area (Å²) in [7, 11) is 1.42. The quantitative estimate of drug-likeness (QED) is 0.857. The molecule has 1 fully saturated rings. The fourth-order valence-electron chi connectivity index (χ4n) is 2.37. The van der Waals surface area contributed by atoms with Gasteiger partial charge in [0.1, 0.15) is 5.69 Å². The molecule has 1 unspecified atom stereocenters. The number of hydrogen-bond acceptors (Lipinski definition) is 3. The number of carboxylic acid groups (broad SMARTS) is 1. The molecule has 0 radical (unpaired) electrons. The third-order valence-corrected chi connectivity index (χ3v) is 3.65. The van der Waals surface area contributed by atoms with Crippen molar-refractivity contribution in [2.75, 3.05) is 7.11 Å². The fourth-order valence-corrected chi connectivity index (χ4v) is 2.37. The van der Waals surface area contributed by atoms with E-state index in [1.54, 1.807) is 4.57 Å². The van der Waals surface area contributed by atoms with Crippen molar-refractivity contribution in [2.45, 2.75) is 38.6 Å². The van der Waals surface area contributed by atoms with Crippen LogP contribution >= 0.6 is 0 Å². The molecule has 2 rings (SSSR count). The monoisotopic (exact) mass is 265 g/mol. The van der Waals surface area contributed by atoms with E-state index in [0.717, 1.165) is 18.9 Å². The van der Waals surface area contributed by atoms with Crippen molar-refractivity contribution >= 4 is 5.97 Å². The first-order chi connectivity index (χ1) is 9.06. The van der Waals surface area contributed by atoms with Crippen LogP contribution in [0.2, 0.25) is 0 Å². The Morgan fingerprint density at radius 3 is 2.74 bits per heavy atom. The number of aromatic nitrogens is 1. The van der Waals surface area contributed by atoms with Crippen molar-refractivity contribution in [3.8, 4) is 5.75 Å². The number of pyridine rings is 1. The van der Waals surface area contributed by atoms with Gasteiger partial charge in [0.2, 0.25) is 5.43 Å². The molecule has 1 saturated carbocycles. The molecule has 0 aliphatic heterocycles. The zero-order valence-electron chi connectivity index (χ0n) is 11.3. The molecule has 1 aliphatic carbocycles. The highest BCUT2D eigenvalue weighted by molar-refractivity contribution is 5.85. The maximum absolute atomic E-state index is 11.7. The van der Waals surface area contributed by atoms with Crippen molar-refractivity contribution in [1.29, 1.82) is 0 Å². The summed E-state index contributed by atoms with van der Waals surface area (Å²) in [5, 5.41) is 9.25. The van der Waals surface area contributed by atoms with E-state index in [4.69, 9.17) is 4.74 Å². The van der Waals surface area contributed by atoms with E-state index in [9.17, 15) is 14.7 Å². The first-order valence-corrected chi connectivity index (χ1v) is 6.60. The van der Waals surface area contributed by atoms with E-state index in [2.05, 4.69) is 0 Å². The predicted molar refractivity (Wildman–Crippen MR) is 70.9 cm³/mol. The number of hydrogen-bond donors (Lipinski definition) is 1. The summed E-state index contributed by atoms with van der Waals surface area (Å²) in [6.07, 6.45) is 5.76. The normalized spacial score (nSPS) is 16.1. The van der Waals surface area contributed by atoms with Crippen LogP contribution in [0.15, 0.2) is 17.1 Å². The molecule has 1 heterocycles. The smallest absolute Gasteiger partial charge is 0.352 e.